The van der Waals surface area contributed by atoms with E-state index in [4.69, 9.17) is 9.47 Å². The van der Waals surface area contributed by atoms with Gasteiger partial charge in [-0.25, -0.2) is 9.59 Å². The number of carbonyl (C=O) groups excluding carboxylic acids is 2. The molecule has 0 saturated carbocycles. The Kier molecular flexibility index (Phi) is 11.2. The van der Waals surface area contributed by atoms with Crippen molar-refractivity contribution in [3.63, 3.8) is 0 Å². The fraction of sp³-hybridized carbons (Fsp3) is 0.833. The fourth-order valence-electron chi connectivity index (χ4n) is 1.82. The molecule has 0 fully saturated rings. The predicted octanol–water partition coefficient (Wildman–Crippen LogP) is 1.98. The van der Waals surface area contributed by atoms with Crippen molar-refractivity contribution >= 4 is 18.1 Å². The van der Waals surface area contributed by atoms with Crippen molar-refractivity contribution in [3.8, 4) is 0 Å². The summed E-state index contributed by atoms with van der Waals surface area (Å²) in [6.07, 6.45) is 0.644. The third kappa shape index (κ3) is 17.0. The normalized spacial score (nSPS) is 11.2. The standard InChI is InChI=1S/C18H37N5O4/c1-17(2,3)26-15(24)22-12-8-10-20-14(19-7)21-11-9-13-23-16(25)27-18(4,5)6/h8-13H2,1-7H3,(H,22,24)(H,23,25)(H2,19,20,21). The van der Waals surface area contributed by atoms with Crippen LogP contribution in [0.4, 0.5) is 9.59 Å². The zero-order valence-corrected chi connectivity index (χ0v) is 17.8. The van der Waals surface area contributed by atoms with E-state index < -0.39 is 23.4 Å². The molecule has 0 bridgehead atoms. The monoisotopic (exact) mass is 387 g/mol. The van der Waals surface area contributed by atoms with Gasteiger partial charge in [-0.15, -0.1) is 0 Å². The minimum atomic E-state index is -0.493. The molecule has 0 heterocycles. The minimum absolute atomic E-state index is 0.414. The van der Waals surface area contributed by atoms with Gasteiger partial charge in [0, 0.05) is 33.2 Å². The van der Waals surface area contributed by atoms with Crippen LogP contribution in [0.25, 0.3) is 0 Å². The van der Waals surface area contributed by atoms with Crippen LogP contribution in [0.2, 0.25) is 0 Å². The van der Waals surface area contributed by atoms with E-state index in [2.05, 4.69) is 26.3 Å². The van der Waals surface area contributed by atoms with Crippen LogP contribution in [0.5, 0.6) is 0 Å². The Morgan fingerprint density at radius 1 is 0.704 bits per heavy atom. The molecule has 0 aromatic carbocycles. The number of hydrogen-bond donors (Lipinski definition) is 4. The number of hydrogen-bond acceptors (Lipinski definition) is 5. The third-order valence-electron chi connectivity index (χ3n) is 2.85. The number of carbonyl (C=O) groups is 2. The summed E-state index contributed by atoms with van der Waals surface area (Å²) in [6, 6.07) is 0. The average Bonchev–Trinajstić information content (AvgIpc) is 2.48. The Labute approximate surface area is 163 Å². The summed E-state index contributed by atoms with van der Waals surface area (Å²) in [6.45, 7) is 13.3. The van der Waals surface area contributed by atoms with Gasteiger partial charge in [-0.3, -0.25) is 4.99 Å². The van der Waals surface area contributed by atoms with Crippen molar-refractivity contribution in [2.24, 2.45) is 4.99 Å². The number of guanidine groups is 1. The zero-order valence-electron chi connectivity index (χ0n) is 17.8. The predicted molar refractivity (Wildman–Crippen MR) is 107 cm³/mol. The second-order valence-corrected chi connectivity index (χ2v) is 7.99. The van der Waals surface area contributed by atoms with E-state index >= 15 is 0 Å². The molecule has 0 unspecified atom stereocenters. The number of nitrogens with zero attached hydrogens (tertiary/aromatic N) is 1. The van der Waals surface area contributed by atoms with E-state index in [9.17, 15) is 9.59 Å². The molecule has 2 amide bonds. The first-order valence-corrected chi connectivity index (χ1v) is 9.31. The van der Waals surface area contributed by atoms with Crippen LogP contribution in [-0.4, -0.2) is 62.6 Å². The molecule has 0 rings (SSSR count). The molecule has 9 heteroatoms. The van der Waals surface area contributed by atoms with Gasteiger partial charge in [0.05, 0.1) is 0 Å². The third-order valence-corrected chi connectivity index (χ3v) is 2.85. The number of ether oxygens (including phenoxy) is 2. The van der Waals surface area contributed by atoms with Crippen LogP contribution in [0.15, 0.2) is 4.99 Å². The molecule has 0 spiro atoms. The van der Waals surface area contributed by atoms with E-state index in [-0.39, 0.29) is 0 Å². The van der Waals surface area contributed by atoms with Crippen LogP contribution in [-0.2, 0) is 9.47 Å². The molecule has 0 saturated heterocycles. The van der Waals surface area contributed by atoms with Crippen molar-refractivity contribution in [2.75, 3.05) is 33.2 Å². The van der Waals surface area contributed by atoms with Crippen LogP contribution >= 0.6 is 0 Å². The second-order valence-electron chi connectivity index (χ2n) is 7.99. The Balaban J connectivity index is 3.74. The maximum atomic E-state index is 11.5. The summed E-state index contributed by atoms with van der Waals surface area (Å²) in [5.74, 6) is 0.671. The quantitative estimate of drug-likeness (QED) is 0.288. The number of rotatable bonds is 8. The molecule has 4 N–H and O–H groups in total. The van der Waals surface area contributed by atoms with Crippen molar-refractivity contribution < 1.29 is 19.1 Å². The molecule has 0 aliphatic heterocycles. The lowest BCUT2D eigenvalue weighted by atomic mass is 10.2. The van der Waals surface area contributed by atoms with Gasteiger partial charge in [0.25, 0.3) is 0 Å². The van der Waals surface area contributed by atoms with Gasteiger partial charge < -0.3 is 30.7 Å². The Hall–Kier alpha value is -2.19. The molecule has 158 valence electrons. The highest BCUT2D eigenvalue weighted by molar-refractivity contribution is 5.79. The molecule has 27 heavy (non-hydrogen) atoms. The van der Waals surface area contributed by atoms with E-state index in [1.807, 2.05) is 41.5 Å². The van der Waals surface area contributed by atoms with Crippen LogP contribution in [0.3, 0.4) is 0 Å². The summed E-state index contributed by atoms with van der Waals surface area (Å²) in [4.78, 5) is 27.1. The number of aliphatic imine (C=N–C) groups is 1. The van der Waals surface area contributed by atoms with Gasteiger partial charge in [-0.05, 0) is 54.4 Å². The first kappa shape index (κ1) is 24.8. The molecule has 0 aliphatic carbocycles. The Morgan fingerprint density at radius 2 is 1.04 bits per heavy atom. The maximum absolute atomic E-state index is 11.5. The molecule has 9 nitrogen and oxygen atoms in total. The van der Waals surface area contributed by atoms with E-state index in [0.717, 1.165) is 12.8 Å². The molecular weight excluding hydrogens is 350 g/mol. The van der Waals surface area contributed by atoms with E-state index in [1.165, 1.54) is 0 Å². The number of nitrogens with one attached hydrogen (secondary N) is 4. The first-order chi connectivity index (χ1) is 12.4. The summed E-state index contributed by atoms with van der Waals surface area (Å²) in [5, 5.41) is 11.7. The largest absolute Gasteiger partial charge is 0.444 e. The first-order valence-electron chi connectivity index (χ1n) is 9.31. The highest BCUT2D eigenvalue weighted by Crippen LogP contribution is 2.06. The van der Waals surface area contributed by atoms with Crippen molar-refractivity contribution in [1.82, 2.24) is 21.3 Å². The highest BCUT2D eigenvalue weighted by Gasteiger charge is 2.16. The molecule has 0 aromatic rings. The van der Waals surface area contributed by atoms with Crippen LogP contribution in [0.1, 0.15) is 54.4 Å². The lowest BCUT2D eigenvalue weighted by Crippen LogP contribution is -2.40. The molecule has 0 aliphatic rings. The SMILES string of the molecule is CN=C(NCCCNC(=O)OC(C)(C)C)NCCCNC(=O)OC(C)(C)C. The van der Waals surface area contributed by atoms with E-state index in [0.29, 0.717) is 32.1 Å². The van der Waals surface area contributed by atoms with Gasteiger partial charge in [0.1, 0.15) is 11.2 Å². The molecule has 0 radical (unpaired) electrons. The van der Waals surface area contributed by atoms with Gasteiger partial charge >= 0.3 is 12.2 Å². The Morgan fingerprint density at radius 3 is 1.33 bits per heavy atom. The lowest BCUT2D eigenvalue weighted by molar-refractivity contribution is 0.0516. The maximum Gasteiger partial charge on any atom is 0.407 e. The Bertz CT molecular complexity index is 441. The molecule has 0 aromatic heterocycles. The van der Waals surface area contributed by atoms with Gasteiger partial charge in [0.2, 0.25) is 0 Å². The van der Waals surface area contributed by atoms with Gasteiger partial charge in [0.15, 0.2) is 5.96 Å². The van der Waals surface area contributed by atoms with Crippen molar-refractivity contribution in [1.29, 1.82) is 0 Å². The van der Waals surface area contributed by atoms with Crippen LogP contribution in [0, 0.1) is 0 Å². The molecule has 0 atom stereocenters. The number of amides is 2. The van der Waals surface area contributed by atoms with Crippen LogP contribution < -0.4 is 21.3 Å². The van der Waals surface area contributed by atoms with Crippen molar-refractivity contribution in [2.45, 2.75) is 65.6 Å². The lowest BCUT2D eigenvalue weighted by Gasteiger charge is -2.20. The highest BCUT2D eigenvalue weighted by atomic mass is 16.6. The van der Waals surface area contributed by atoms with Gasteiger partial charge in [-0.1, -0.05) is 0 Å². The van der Waals surface area contributed by atoms with E-state index in [1.54, 1.807) is 7.05 Å². The van der Waals surface area contributed by atoms with Gasteiger partial charge in [-0.2, -0.15) is 0 Å². The molecular formula is C18H37N5O4. The fourth-order valence-corrected chi connectivity index (χ4v) is 1.82. The average molecular weight is 388 g/mol. The summed E-state index contributed by atoms with van der Waals surface area (Å²) < 4.78 is 10.3. The smallest absolute Gasteiger partial charge is 0.407 e. The minimum Gasteiger partial charge on any atom is -0.444 e. The summed E-state index contributed by atoms with van der Waals surface area (Å²) in [5.41, 5.74) is -0.987. The summed E-state index contributed by atoms with van der Waals surface area (Å²) >= 11 is 0. The summed E-state index contributed by atoms with van der Waals surface area (Å²) in [7, 11) is 1.69. The number of alkyl carbamates (subject to hydrolysis) is 2. The topological polar surface area (TPSA) is 113 Å². The van der Waals surface area contributed by atoms with Crippen molar-refractivity contribution in [3.05, 3.63) is 0 Å². The zero-order chi connectivity index (χ0) is 20.9. The second kappa shape index (κ2) is 12.2.